The van der Waals surface area contributed by atoms with Crippen LogP contribution in [0.2, 0.25) is 0 Å². The highest BCUT2D eigenvalue weighted by molar-refractivity contribution is 5.80. The summed E-state index contributed by atoms with van der Waals surface area (Å²) < 4.78 is 43.0. The number of ether oxygens (including phenoxy) is 3. The fraction of sp³-hybridized carbons (Fsp3) is 0.500. The number of morpholine rings is 1. The van der Waals surface area contributed by atoms with Gasteiger partial charge >= 0.3 is 6.61 Å². The average Bonchev–Trinajstić information content (AvgIpc) is 3.18. The highest BCUT2D eigenvalue weighted by Gasteiger charge is 2.25. The zero-order valence-corrected chi connectivity index (χ0v) is 17.3. The molecular formula is C20H27F2N5O3. The average molecular weight is 423 g/mol. The van der Waals surface area contributed by atoms with Gasteiger partial charge in [-0.05, 0) is 19.1 Å². The van der Waals surface area contributed by atoms with Gasteiger partial charge in [-0.3, -0.25) is 4.68 Å². The van der Waals surface area contributed by atoms with Crippen molar-refractivity contribution in [2.75, 3.05) is 33.4 Å². The smallest absolute Gasteiger partial charge is 0.387 e. The zero-order valence-electron chi connectivity index (χ0n) is 17.3. The second-order valence-electron chi connectivity index (χ2n) is 6.78. The van der Waals surface area contributed by atoms with Crippen molar-refractivity contribution in [3.8, 4) is 11.5 Å². The Balaban J connectivity index is 1.77. The molecule has 0 aliphatic carbocycles. The maximum atomic E-state index is 12.8. The standard InChI is InChI=1S/C20H27F2N5O3/c1-4-23-20(27-7-8-29-18(13-27)15-11-25-26(2)12-15)24-10-14-5-6-16(28-3)9-17(14)30-19(21)22/h5-6,9,11-12,18-19H,4,7-8,10,13H2,1-3H3,(H,23,24). The lowest BCUT2D eigenvalue weighted by Crippen LogP contribution is -2.48. The summed E-state index contributed by atoms with van der Waals surface area (Å²) in [5, 5.41) is 7.48. The molecule has 0 amide bonds. The van der Waals surface area contributed by atoms with Crippen molar-refractivity contribution in [3.63, 3.8) is 0 Å². The van der Waals surface area contributed by atoms with E-state index in [0.717, 1.165) is 5.56 Å². The van der Waals surface area contributed by atoms with Crippen molar-refractivity contribution < 1.29 is 23.0 Å². The van der Waals surface area contributed by atoms with Gasteiger partial charge in [-0.25, -0.2) is 4.99 Å². The lowest BCUT2D eigenvalue weighted by atomic mass is 10.1. The van der Waals surface area contributed by atoms with Crippen LogP contribution in [0.4, 0.5) is 8.78 Å². The molecule has 0 spiro atoms. The van der Waals surface area contributed by atoms with Gasteiger partial charge < -0.3 is 24.4 Å². The first-order valence-electron chi connectivity index (χ1n) is 9.75. The molecule has 1 N–H and O–H groups in total. The Hall–Kier alpha value is -2.88. The summed E-state index contributed by atoms with van der Waals surface area (Å²) in [6, 6.07) is 4.82. The van der Waals surface area contributed by atoms with E-state index in [1.165, 1.54) is 13.2 Å². The Morgan fingerprint density at radius 3 is 2.93 bits per heavy atom. The molecule has 2 aromatic rings. The third-order valence-electron chi connectivity index (χ3n) is 4.69. The van der Waals surface area contributed by atoms with Crippen LogP contribution in [0.15, 0.2) is 35.6 Å². The molecule has 2 heterocycles. The van der Waals surface area contributed by atoms with E-state index in [1.807, 2.05) is 20.2 Å². The first-order chi connectivity index (χ1) is 14.5. The Kier molecular flexibility index (Phi) is 7.45. The molecular weight excluding hydrogens is 396 g/mol. The number of alkyl halides is 2. The molecule has 0 bridgehead atoms. The minimum atomic E-state index is -2.92. The normalized spacial score (nSPS) is 17.3. The van der Waals surface area contributed by atoms with E-state index < -0.39 is 6.61 Å². The summed E-state index contributed by atoms with van der Waals surface area (Å²) in [4.78, 5) is 6.75. The third-order valence-corrected chi connectivity index (χ3v) is 4.69. The second-order valence-corrected chi connectivity index (χ2v) is 6.78. The maximum Gasteiger partial charge on any atom is 0.387 e. The summed E-state index contributed by atoms with van der Waals surface area (Å²) >= 11 is 0. The van der Waals surface area contributed by atoms with Crippen molar-refractivity contribution in [1.29, 1.82) is 0 Å². The Morgan fingerprint density at radius 2 is 2.27 bits per heavy atom. The summed E-state index contributed by atoms with van der Waals surface area (Å²) in [6.45, 7) is 1.75. The number of hydrogen-bond donors (Lipinski definition) is 1. The molecule has 8 nitrogen and oxygen atoms in total. The second kappa shape index (κ2) is 10.2. The van der Waals surface area contributed by atoms with Crippen LogP contribution < -0.4 is 14.8 Å². The molecule has 1 aromatic carbocycles. The van der Waals surface area contributed by atoms with E-state index in [4.69, 9.17) is 9.47 Å². The predicted molar refractivity (Wildman–Crippen MR) is 108 cm³/mol. The van der Waals surface area contributed by atoms with E-state index in [1.54, 1.807) is 23.0 Å². The number of nitrogens with one attached hydrogen (secondary N) is 1. The summed E-state index contributed by atoms with van der Waals surface area (Å²) in [6.07, 6.45) is 3.61. The summed E-state index contributed by atoms with van der Waals surface area (Å²) in [7, 11) is 3.34. The van der Waals surface area contributed by atoms with Crippen LogP contribution in [0.3, 0.4) is 0 Å². The number of aliphatic imine (C=N–C) groups is 1. The van der Waals surface area contributed by atoms with Crippen LogP contribution in [-0.2, 0) is 18.3 Å². The van der Waals surface area contributed by atoms with E-state index in [0.29, 0.717) is 43.5 Å². The highest BCUT2D eigenvalue weighted by Crippen LogP contribution is 2.27. The quantitative estimate of drug-likeness (QED) is 0.545. The number of benzene rings is 1. The topological polar surface area (TPSA) is 73.1 Å². The van der Waals surface area contributed by atoms with Gasteiger partial charge in [0, 0.05) is 43.5 Å². The first kappa shape index (κ1) is 21.8. The molecule has 164 valence electrons. The van der Waals surface area contributed by atoms with Gasteiger partial charge in [0.05, 0.1) is 33.0 Å². The molecule has 10 heteroatoms. The number of nitrogens with zero attached hydrogens (tertiary/aromatic N) is 4. The number of guanidine groups is 1. The number of aromatic nitrogens is 2. The van der Waals surface area contributed by atoms with Crippen LogP contribution in [0.25, 0.3) is 0 Å². The molecule has 1 unspecified atom stereocenters. The third kappa shape index (κ3) is 5.59. The van der Waals surface area contributed by atoms with Gasteiger partial charge in [0.25, 0.3) is 0 Å². The minimum Gasteiger partial charge on any atom is -0.497 e. The molecule has 1 fully saturated rings. The van der Waals surface area contributed by atoms with Crippen LogP contribution >= 0.6 is 0 Å². The van der Waals surface area contributed by atoms with E-state index >= 15 is 0 Å². The van der Waals surface area contributed by atoms with Crippen molar-refractivity contribution in [2.45, 2.75) is 26.2 Å². The molecule has 1 aliphatic rings. The van der Waals surface area contributed by atoms with E-state index in [9.17, 15) is 8.78 Å². The SMILES string of the molecule is CCNC(=NCc1ccc(OC)cc1OC(F)F)N1CCOC(c2cnn(C)c2)C1. The van der Waals surface area contributed by atoms with Crippen LogP contribution in [0.1, 0.15) is 24.2 Å². The number of hydrogen-bond acceptors (Lipinski definition) is 5. The van der Waals surface area contributed by atoms with Gasteiger partial charge in [-0.15, -0.1) is 0 Å². The Morgan fingerprint density at radius 1 is 1.43 bits per heavy atom. The molecule has 1 aliphatic heterocycles. The fourth-order valence-corrected chi connectivity index (χ4v) is 3.23. The monoisotopic (exact) mass is 423 g/mol. The van der Waals surface area contributed by atoms with Gasteiger partial charge in [-0.2, -0.15) is 13.9 Å². The van der Waals surface area contributed by atoms with Crippen LogP contribution in [0, 0.1) is 0 Å². The van der Waals surface area contributed by atoms with E-state index in [2.05, 4.69) is 25.0 Å². The Bertz CT molecular complexity index is 859. The van der Waals surface area contributed by atoms with Gasteiger partial charge in [0.1, 0.15) is 17.6 Å². The Labute approximate surface area is 174 Å². The zero-order chi connectivity index (χ0) is 21.5. The molecule has 0 radical (unpaired) electrons. The number of methoxy groups -OCH3 is 1. The summed E-state index contributed by atoms with van der Waals surface area (Å²) in [5.74, 6) is 1.19. The van der Waals surface area contributed by atoms with Gasteiger partial charge in [0.2, 0.25) is 0 Å². The lowest BCUT2D eigenvalue weighted by molar-refractivity contribution is -0.0505. The van der Waals surface area contributed by atoms with Crippen LogP contribution in [-0.4, -0.2) is 60.6 Å². The summed E-state index contributed by atoms with van der Waals surface area (Å²) in [5.41, 5.74) is 1.55. The maximum absolute atomic E-state index is 12.8. The molecule has 3 rings (SSSR count). The largest absolute Gasteiger partial charge is 0.497 e. The highest BCUT2D eigenvalue weighted by atomic mass is 19.3. The van der Waals surface area contributed by atoms with Gasteiger partial charge in [0.15, 0.2) is 5.96 Å². The molecule has 1 aromatic heterocycles. The van der Waals surface area contributed by atoms with Crippen molar-refractivity contribution >= 4 is 5.96 Å². The first-order valence-corrected chi connectivity index (χ1v) is 9.75. The molecule has 30 heavy (non-hydrogen) atoms. The van der Waals surface area contributed by atoms with Crippen LogP contribution in [0.5, 0.6) is 11.5 Å². The minimum absolute atomic E-state index is 0.0548. The fourth-order valence-electron chi connectivity index (χ4n) is 3.23. The predicted octanol–water partition coefficient (Wildman–Crippen LogP) is 2.57. The van der Waals surface area contributed by atoms with E-state index in [-0.39, 0.29) is 18.4 Å². The molecule has 0 saturated carbocycles. The van der Waals surface area contributed by atoms with Gasteiger partial charge in [-0.1, -0.05) is 0 Å². The number of halogens is 2. The lowest BCUT2D eigenvalue weighted by Gasteiger charge is -2.34. The number of aryl methyl sites for hydroxylation is 1. The van der Waals surface area contributed by atoms with Crippen molar-refractivity contribution in [2.24, 2.45) is 12.0 Å². The molecule has 1 saturated heterocycles. The molecule has 1 atom stereocenters. The van der Waals surface area contributed by atoms with Crippen molar-refractivity contribution in [3.05, 3.63) is 41.7 Å². The van der Waals surface area contributed by atoms with Crippen molar-refractivity contribution in [1.82, 2.24) is 20.0 Å². The number of rotatable bonds is 7.